The summed E-state index contributed by atoms with van der Waals surface area (Å²) < 4.78 is 5.19. The Morgan fingerprint density at radius 2 is 1.96 bits per heavy atom. The van der Waals surface area contributed by atoms with Gasteiger partial charge in [-0.2, -0.15) is 0 Å². The maximum Gasteiger partial charge on any atom is 0.270 e. The quantitative estimate of drug-likeness (QED) is 0.722. The summed E-state index contributed by atoms with van der Waals surface area (Å²) in [6, 6.07) is 15.4. The fourth-order valence-corrected chi connectivity index (χ4v) is 2.29. The third-order valence-electron chi connectivity index (χ3n) is 3.65. The van der Waals surface area contributed by atoms with E-state index in [1.54, 1.807) is 24.6 Å². The average Bonchev–Trinajstić information content (AvgIpc) is 3.14. The molecule has 2 N–H and O–H groups in total. The zero-order valence-electron chi connectivity index (χ0n) is 13.5. The second-order valence-electron chi connectivity index (χ2n) is 5.37. The van der Waals surface area contributed by atoms with E-state index in [-0.39, 0.29) is 5.91 Å². The lowest BCUT2D eigenvalue weighted by atomic mass is 10.1. The van der Waals surface area contributed by atoms with E-state index < -0.39 is 0 Å². The molecule has 2 heterocycles. The molecule has 3 aromatic rings. The largest absolute Gasteiger partial charge is 0.467 e. The Balaban J connectivity index is 1.65. The van der Waals surface area contributed by atoms with E-state index in [9.17, 15) is 4.79 Å². The summed E-state index contributed by atoms with van der Waals surface area (Å²) in [5.74, 6) is 0.463. The lowest BCUT2D eigenvalue weighted by Gasteiger charge is -2.09. The van der Waals surface area contributed by atoms with Gasteiger partial charge in [0.25, 0.3) is 5.91 Å². The van der Waals surface area contributed by atoms with Crippen LogP contribution in [0.1, 0.15) is 28.7 Å². The summed E-state index contributed by atoms with van der Waals surface area (Å²) in [4.78, 5) is 16.3. The lowest BCUT2D eigenvalue weighted by Crippen LogP contribution is -2.23. The van der Waals surface area contributed by atoms with Crippen molar-refractivity contribution >= 4 is 17.3 Å². The Hall–Kier alpha value is -3.08. The highest BCUT2D eigenvalue weighted by atomic mass is 16.3. The monoisotopic (exact) mass is 321 g/mol. The van der Waals surface area contributed by atoms with Crippen molar-refractivity contribution in [2.75, 3.05) is 5.32 Å². The maximum absolute atomic E-state index is 12.2. The van der Waals surface area contributed by atoms with Gasteiger partial charge in [0.1, 0.15) is 11.5 Å². The molecule has 0 aliphatic heterocycles. The summed E-state index contributed by atoms with van der Waals surface area (Å²) >= 11 is 0. The van der Waals surface area contributed by atoms with E-state index in [0.717, 1.165) is 17.8 Å². The normalized spacial score (nSPS) is 10.4. The topological polar surface area (TPSA) is 67.2 Å². The molecule has 1 aromatic carbocycles. The summed E-state index contributed by atoms with van der Waals surface area (Å²) in [5, 5.41) is 6.07. The van der Waals surface area contributed by atoms with Gasteiger partial charge in [0, 0.05) is 17.6 Å². The molecule has 2 aromatic heterocycles. The van der Waals surface area contributed by atoms with Crippen molar-refractivity contribution in [3.63, 3.8) is 0 Å². The zero-order valence-corrected chi connectivity index (χ0v) is 13.5. The van der Waals surface area contributed by atoms with E-state index in [0.29, 0.717) is 18.0 Å². The fourth-order valence-electron chi connectivity index (χ4n) is 2.29. The number of hydrogen-bond acceptors (Lipinski definition) is 4. The predicted molar refractivity (Wildman–Crippen MR) is 93.2 cm³/mol. The van der Waals surface area contributed by atoms with Crippen LogP contribution in [0.4, 0.5) is 11.4 Å². The number of carbonyl (C=O) groups excluding carboxylic acids is 1. The van der Waals surface area contributed by atoms with Crippen LogP contribution < -0.4 is 10.6 Å². The van der Waals surface area contributed by atoms with E-state index in [1.807, 2.05) is 24.3 Å². The number of carbonyl (C=O) groups is 1. The SMILES string of the molecule is CCc1ccc(Nc2ccnc(C(=O)NCc3ccco3)c2)cc1. The Morgan fingerprint density at radius 1 is 1.12 bits per heavy atom. The van der Waals surface area contributed by atoms with Crippen LogP contribution in [0.15, 0.2) is 65.4 Å². The van der Waals surface area contributed by atoms with E-state index in [4.69, 9.17) is 4.42 Å². The zero-order chi connectivity index (χ0) is 16.8. The van der Waals surface area contributed by atoms with Gasteiger partial charge in [0.15, 0.2) is 0 Å². The van der Waals surface area contributed by atoms with Crippen molar-refractivity contribution in [1.82, 2.24) is 10.3 Å². The summed E-state index contributed by atoms with van der Waals surface area (Å²) in [5.41, 5.74) is 3.43. The summed E-state index contributed by atoms with van der Waals surface area (Å²) in [6.07, 6.45) is 4.20. The molecule has 0 atom stereocenters. The predicted octanol–water partition coefficient (Wildman–Crippen LogP) is 3.91. The van der Waals surface area contributed by atoms with Crippen molar-refractivity contribution in [1.29, 1.82) is 0 Å². The fraction of sp³-hybridized carbons (Fsp3) is 0.158. The number of furan rings is 1. The van der Waals surface area contributed by atoms with Gasteiger partial charge in [-0.15, -0.1) is 0 Å². The van der Waals surface area contributed by atoms with Crippen LogP contribution in [0.25, 0.3) is 0 Å². The van der Waals surface area contributed by atoms with Crippen LogP contribution in [0.3, 0.4) is 0 Å². The molecule has 5 heteroatoms. The second kappa shape index (κ2) is 7.46. The Bertz CT molecular complexity index is 796. The number of aryl methyl sites for hydroxylation is 1. The van der Waals surface area contributed by atoms with Crippen molar-refractivity contribution in [2.45, 2.75) is 19.9 Å². The molecule has 0 aliphatic rings. The van der Waals surface area contributed by atoms with E-state index in [1.165, 1.54) is 5.56 Å². The molecule has 0 spiro atoms. The molecule has 0 saturated heterocycles. The summed E-state index contributed by atoms with van der Waals surface area (Å²) in [6.45, 7) is 2.46. The van der Waals surface area contributed by atoms with Crippen molar-refractivity contribution in [3.8, 4) is 0 Å². The number of hydrogen-bond donors (Lipinski definition) is 2. The first kappa shape index (κ1) is 15.8. The molecule has 0 unspecified atom stereocenters. The molecule has 0 radical (unpaired) electrons. The van der Waals surface area contributed by atoms with Crippen LogP contribution in [-0.2, 0) is 13.0 Å². The second-order valence-corrected chi connectivity index (χ2v) is 5.37. The number of amides is 1. The van der Waals surface area contributed by atoms with Crippen molar-refractivity contribution < 1.29 is 9.21 Å². The number of rotatable bonds is 6. The highest BCUT2D eigenvalue weighted by molar-refractivity contribution is 5.93. The third-order valence-corrected chi connectivity index (χ3v) is 3.65. The van der Waals surface area contributed by atoms with Gasteiger partial charge in [0.2, 0.25) is 0 Å². The first-order valence-electron chi connectivity index (χ1n) is 7.87. The highest BCUT2D eigenvalue weighted by Gasteiger charge is 2.08. The first-order valence-corrected chi connectivity index (χ1v) is 7.87. The summed E-state index contributed by atoms with van der Waals surface area (Å²) in [7, 11) is 0. The van der Waals surface area contributed by atoms with Gasteiger partial charge in [-0.05, 0) is 48.4 Å². The Kier molecular flexibility index (Phi) is 4.91. The van der Waals surface area contributed by atoms with Crippen LogP contribution in [-0.4, -0.2) is 10.9 Å². The van der Waals surface area contributed by atoms with Gasteiger partial charge in [-0.25, -0.2) is 0 Å². The minimum atomic E-state index is -0.239. The molecule has 0 bridgehead atoms. The molecular formula is C19H19N3O2. The third kappa shape index (κ3) is 4.01. The molecule has 3 rings (SSSR count). The van der Waals surface area contributed by atoms with E-state index >= 15 is 0 Å². The molecule has 24 heavy (non-hydrogen) atoms. The number of nitrogens with zero attached hydrogens (tertiary/aromatic N) is 1. The van der Waals surface area contributed by atoms with Crippen LogP contribution in [0, 0.1) is 0 Å². The number of benzene rings is 1. The number of aromatic nitrogens is 1. The van der Waals surface area contributed by atoms with Gasteiger partial charge in [0.05, 0.1) is 12.8 Å². The number of nitrogens with one attached hydrogen (secondary N) is 2. The molecule has 0 fully saturated rings. The first-order chi connectivity index (χ1) is 11.7. The van der Waals surface area contributed by atoms with Crippen molar-refractivity contribution in [2.24, 2.45) is 0 Å². The Labute approximate surface area is 140 Å². The minimum absolute atomic E-state index is 0.239. The standard InChI is InChI=1S/C19H19N3O2/c1-2-14-5-7-15(8-6-14)22-16-9-10-20-18(12-16)19(23)21-13-17-4-3-11-24-17/h3-12H,2,13H2,1H3,(H,20,22)(H,21,23). The maximum atomic E-state index is 12.2. The molecule has 0 aliphatic carbocycles. The van der Waals surface area contributed by atoms with Crippen LogP contribution in [0.5, 0.6) is 0 Å². The lowest BCUT2D eigenvalue weighted by molar-refractivity contribution is 0.0943. The number of pyridine rings is 1. The van der Waals surface area contributed by atoms with Crippen molar-refractivity contribution in [3.05, 3.63) is 78.0 Å². The van der Waals surface area contributed by atoms with Crippen LogP contribution in [0.2, 0.25) is 0 Å². The number of anilines is 2. The van der Waals surface area contributed by atoms with Gasteiger partial charge in [-0.1, -0.05) is 19.1 Å². The molecular weight excluding hydrogens is 302 g/mol. The van der Waals surface area contributed by atoms with Gasteiger partial charge >= 0.3 is 0 Å². The molecule has 0 saturated carbocycles. The van der Waals surface area contributed by atoms with Crippen LogP contribution >= 0.6 is 0 Å². The molecule has 122 valence electrons. The highest BCUT2D eigenvalue weighted by Crippen LogP contribution is 2.17. The average molecular weight is 321 g/mol. The Morgan fingerprint density at radius 3 is 2.67 bits per heavy atom. The molecule has 1 amide bonds. The van der Waals surface area contributed by atoms with Gasteiger partial charge < -0.3 is 15.1 Å². The molecule has 5 nitrogen and oxygen atoms in total. The van der Waals surface area contributed by atoms with Gasteiger partial charge in [-0.3, -0.25) is 9.78 Å². The smallest absolute Gasteiger partial charge is 0.270 e. The minimum Gasteiger partial charge on any atom is -0.467 e. The van der Waals surface area contributed by atoms with E-state index in [2.05, 4.69) is 34.7 Å².